The number of aryl methyl sites for hydroxylation is 2. The maximum absolute atomic E-state index is 12.8. The molecule has 1 saturated heterocycles. The highest BCUT2D eigenvalue weighted by Crippen LogP contribution is 2.27. The number of nitrogens with zero attached hydrogens (tertiary/aromatic N) is 1. The molecule has 7 nitrogen and oxygen atoms in total. The van der Waals surface area contributed by atoms with Crippen molar-refractivity contribution in [1.29, 1.82) is 0 Å². The topological polar surface area (TPSA) is 84.9 Å². The molecule has 0 aromatic heterocycles. The molecule has 0 radical (unpaired) electrons. The zero-order chi connectivity index (χ0) is 21.0. The van der Waals surface area contributed by atoms with Gasteiger partial charge in [0.15, 0.2) is 0 Å². The van der Waals surface area contributed by atoms with Gasteiger partial charge in [0.05, 0.1) is 26.8 Å². The normalized spacial score (nSPS) is 17.2. The van der Waals surface area contributed by atoms with Crippen LogP contribution in [-0.4, -0.2) is 52.6 Å². The number of methoxy groups -OCH3 is 1. The minimum absolute atomic E-state index is 0.0278. The van der Waals surface area contributed by atoms with Crippen LogP contribution in [0.25, 0.3) is 0 Å². The lowest BCUT2D eigenvalue weighted by molar-refractivity contribution is -0.137. The van der Waals surface area contributed by atoms with Gasteiger partial charge in [-0.05, 0) is 42.7 Å². The Morgan fingerprint density at radius 2 is 1.90 bits per heavy atom. The molecular formula is C21H26N2O5S. The average Bonchev–Trinajstić information content (AvgIpc) is 2.74. The van der Waals surface area contributed by atoms with E-state index in [1.54, 1.807) is 17.0 Å². The van der Waals surface area contributed by atoms with Gasteiger partial charge in [0.2, 0.25) is 15.9 Å². The Balaban J connectivity index is 1.68. The van der Waals surface area contributed by atoms with Crippen LogP contribution in [0.4, 0.5) is 0 Å². The van der Waals surface area contributed by atoms with Crippen LogP contribution in [0.5, 0.6) is 5.75 Å². The second-order valence-electron chi connectivity index (χ2n) is 7.02. The third kappa shape index (κ3) is 4.95. The summed E-state index contributed by atoms with van der Waals surface area (Å²) in [5, 5.41) is 0. The van der Waals surface area contributed by atoms with E-state index in [1.807, 2.05) is 44.2 Å². The molecule has 1 heterocycles. The highest BCUT2D eigenvalue weighted by Gasteiger charge is 2.27. The maximum Gasteiger partial charge on any atom is 0.244 e. The Kier molecular flexibility index (Phi) is 6.56. The summed E-state index contributed by atoms with van der Waals surface area (Å²) in [6.45, 7) is 4.61. The number of morpholine rings is 1. The fourth-order valence-electron chi connectivity index (χ4n) is 3.22. The molecule has 1 atom stereocenters. The molecule has 0 aliphatic carbocycles. The Morgan fingerprint density at radius 3 is 2.59 bits per heavy atom. The molecule has 29 heavy (non-hydrogen) atoms. The standard InChI is InChI=1S/C21H26N2O5S/c1-15-11-18(27-3)20(12-16(15)2)29(25,26)22-13-21(24)23-9-10-28-19(14-23)17-7-5-4-6-8-17/h4-8,11-12,19,22H,9-10,13-14H2,1-3H3. The number of carbonyl (C=O) groups is 1. The van der Waals surface area contributed by atoms with Crippen LogP contribution in [-0.2, 0) is 19.6 Å². The molecule has 1 fully saturated rings. The van der Waals surface area contributed by atoms with Gasteiger partial charge in [-0.25, -0.2) is 13.1 Å². The predicted octanol–water partition coefficient (Wildman–Crippen LogP) is 2.19. The number of hydrogen-bond donors (Lipinski definition) is 1. The van der Waals surface area contributed by atoms with E-state index in [1.165, 1.54) is 7.11 Å². The molecule has 1 aliphatic heterocycles. The lowest BCUT2D eigenvalue weighted by Gasteiger charge is -2.33. The minimum Gasteiger partial charge on any atom is -0.495 e. The quantitative estimate of drug-likeness (QED) is 0.777. The number of amides is 1. The minimum atomic E-state index is -3.90. The summed E-state index contributed by atoms with van der Waals surface area (Å²) in [5.41, 5.74) is 2.75. The van der Waals surface area contributed by atoms with Gasteiger partial charge in [-0.2, -0.15) is 0 Å². The van der Waals surface area contributed by atoms with Crippen LogP contribution in [0, 0.1) is 13.8 Å². The number of benzene rings is 2. The lowest BCUT2D eigenvalue weighted by Crippen LogP contribution is -2.46. The van der Waals surface area contributed by atoms with Gasteiger partial charge in [-0.1, -0.05) is 30.3 Å². The monoisotopic (exact) mass is 418 g/mol. The number of sulfonamides is 1. The van der Waals surface area contributed by atoms with Gasteiger partial charge < -0.3 is 14.4 Å². The van der Waals surface area contributed by atoms with Gasteiger partial charge in [0.25, 0.3) is 0 Å². The van der Waals surface area contributed by atoms with Gasteiger partial charge in [0, 0.05) is 6.54 Å². The third-order valence-corrected chi connectivity index (χ3v) is 6.50. The molecule has 8 heteroatoms. The Hall–Kier alpha value is -2.42. The number of carbonyl (C=O) groups excluding carboxylic acids is 1. The first-order valence-corrected chi connectivity index (χ1v) is 10.9. The fraction of sp³-hybridized carbons (Fsp3) is 0.381. The van der Waals surface area contributed by atoms with Gasteiger partial charge in [0.1, 0.15) is 16.7 Å². The molecule has 1 aliphatic rings. The van der Waals surface area contributed by atoms with Crippen molar-refractivity contribution < 1.29 is 22.7 Å². The van der Waals surface area contributed by atoms with Crippen molar-refractivity contribution in [1.82, 2.24) is 9.62 Å². The lowest BCUT2D eigenvalue weighted by atomic mass is 10.1. The number of rotatable bonds is 6. The summed E-state index contributed by atoms with van der Waals surface area (Å²) in [7, 11) is -2.47. The zero-order valence-electron chi connectivity index (χ0n) is 16.8. The number of ether oxygens (including phenoxy) is 2. The Labute approximate surface area is 171 Å². The van der Waals surface area contributed by atoms with E-state index in [-0.39, 0.29) is 29.2 Å². The van der Waals surface area contributed by atoms with Crippen LogP contribution in [0.15, 0.2) is 47.4 Å². The maximum atomic E-state index is 12.8. The molecule has 2 aromatic carbocycles. The largest absolute Gasteiger partial charge is 0.495 e. The summed E-state index contributed by atoms with van der Waals surface area (Å²) in [5.74, 6) is -0.0378. The van der Waals surface area contributed by atoms with Crippen LogP contribution < -0.4 is 9.46 Å². The van der Waals surface area contributed by atoms with Crippen LogP contribution in [0.2, 0.25) is 0 Å². The summed E-state index contributed by atoms with van der Waals surface area (Å²) < 4.78 is 38.9. The van der Waals surface area contributed by atoms with Crippen molar-refractivity contribution in [2.45, 2.75) is 24.8 Å². The van der Waals surface area contributed by atoms with Crippen LogP contribution >= 0.6 is 0 Å². The van der Waals surface area contributed by atoms with Crippen LogP contribution in [0.3, 0.4) is 0 Å². The van der Waals surface area contributed by atoms with E-state index in [0.29, 0.717) is 19.7 Å². The van der Waals surface area contributed by atoms with E-state index in [0.717, 1.165) is 16.7 Å². The molecular weight excluding hydrogens is 392 g/mol. The van der Waals surface area contributed by atoms with Crippen molar-refractivity contribution in [2.75, 3.05) is 33.4 Å². The molecule has 0 saturated carbocycles. The van der Waals surface area contributed by atoms with E-state index in [4.69, 9.17) is 9.47 Å². The predicted molar refractivity (Wildman–Crippen MR) is 109 cm³/mol. The van der Waals surface area contributed by atoms with Crippen molar-refractivity contribution in [3.63, 3.8) is 0 Å². The van der Waals surface area contributed by atoms with Gasteiger partial charge >= 0.3 is 0 Å². The molecule has 2 aromatic rings. The summed E-state index contributed by atoms with van der Waals surface area (Å²) in [6, 6.07) is 12.9. The summed E-state index contributed by atoms with van der Waals surface area (Å²) >= 11 is 0. The second kappa shape index (κ2) is 8.94. The SMILES string of the molecule is COc1cc(C)c(C)cc1S(=O)(=O)NCC(=O)N1CCOC(c2ccccc2)C1. The summed E-state index contributed by atoms with van der Waals surface area (Å²) in [4.78, 5) is 14.3. The summed E-state index contributed by atoms with van der Waals surface area (Å²) in [6.07, 6.45) is -0.217. The molecule has 0 spiro atoms. The first kappa shape index (κ1) is 21.3. The zero-order valence-corrected chi connectivity index (χ0v) is 17.7. The van der Waals surface area contributed by atoms with Crippen LogP contribution in [0.1, 0.15) is 22.8 Å². The smallest absolute Gasteiger partial charge is 0.244 e. The average molecular weight is 419 g/mol. The molecule has 0 bridgehead atoms. The first-order valence-electron chi connectivity index (χ1n) is 9.41. The van der Waals surface area contributed by atoms with Gasteiger partial charge in [-0.15, -0.1) is 0 Å². The number of hydrogen-bond acceptors (Lipinski definition) is 5. The van der Waals surface area contributed by atoms with E-state index >= 15 is 0 Å². The first-order chi connectivity index (χ1) is 13.8. The van der Waals surface area contributed by atoms with Crippen molar-refractivity contribution in [3.8, 4) is 5.75 Å². The van der Waals surface area contributed by atoms with E-state index < -0.39 is 10.0 Å². The molecule has 1 N–H and O–H groups in total. The van der Waals surface area contributed by atoms with E-state index in [9.17, 15) is 13.2 Å². The Bertz CT molecular complexity index is 976. The van der Waals surface area contributed by atoms with Crippen molar-refractivity contribution in [2.24, 2.45) is 0 Å². The van der Waals surface area contributed by atoms with Crippen molar-refractivity contribution in [3.05, 3.63) is 59.2 Å². The molecule has 156 valence electrons. The molecule has 1 amide bonds. The highest BCUT2D eigenvalue weighted by molar-refractivity contribution is 7.89. The molecule has 3 rings (SSSR count). The Morgan fingerprint density at radius 1 is 1.21 bits per heavy atom. The highest BCUT2D eigenvalue weighted by atomic mass is 32.2. The number of nitrogens with one attached hydrogen (secondary N) is 1. The molecule has 1 unspecified atom stereocenters. The fourth-order valence-corrected chi connectivity index (χ4v) is 4.43. The van der Waals surface area contributed by atoms with Gasteiger partial charge in [-0.3, -0.25) is 4.79 Å². The van der Waals surface area contributed by atoms with Crippen molar-refractivity contribution >= 4 is 15.9 Å². The third-order valence-electron chi connectivity index (χ3n) is 5.07. The van der Waals surface area contributed by atoms with E-state index in [2.05, 4.69) is 4.72 Å². The second-order valence-corrected chi connectivity index (χ2v) is 8.76.